The average Bonchev–Trinajstić information content (AvgIpc) is 3.08. The predicted molar refractivity (Wildman–Crippen MR) is 210 cm³/mol. The van der Waals surface area contributed by atoms with Gasteiger partial charge in [0.05, 0.1) is 22.0 Å². The molecule has 0 radical (unpaired) electrons. The van der Waals surface area contributed by atoms with Crippen LogP contribution in [0.4, 0.5) is 17.1 Å². The van der Waals surface area contributed by atoms with E-state index in [0.717, 1.165) is 0 Å². The molecule has 0 N–H and O–H groups in total. The molecule has 0 amide bonds. The van der Waals surface area contributed by atoms with Gasteiger partial charge in [-0.05, 0) is 69.3 Å². The molecule has 47 heavy (non-hydrogen) atoms. The third-order valence-electron chi connectivity index (χ3n) is 9.84. The third kappa shape index (κ3) is 4.69. The van der Waals surface area contributed by atoms with Gasteiger partial charge in [-0.25, -0.2) is 0 Å². The Labute approximate surface area is 296 Å². The van der Waals surface area contributed by atoms with Crippen LogP contribution in [0, 0.1) is 0 Å². The molecule has 6 aromatic rings. The molecule has 7 heteroatoms. The quantitative estimate of drug-likeness (QED) is 0.167. The highest BCUT2D eigenvalue weighted by molar-refractivity contribution is 8.05. The topological polar surface area (TPSA) is 3.24 Å². The maximum atomic E-state index is 2.63. The highest BCUT2D eigenvalue weighted by atomic mass is 32.2. The SMILES string of the molecule is C[Si]1(C)c2ccccc2Sc2c(N(c3cccc4c3Sc3ccccc3S4)c3cccc4c3Sc3ccccc3[Si]4(C)C)cccc21. The molecule has 6 aromatic carbocycles. The second kappa shape index (κ2) is 11.3. The number of fused-ring (bicyclic) bond motifs is 6. The highest BCUT2D eigenvalue weighted by Gasteiger charge is 2.40. The predicted octanol–water partition coefficient (Wildman–Crippen LogP) is 10.3. The Balaban J connectivity index is 1.32. The molecule has 1 nitrogen and oxygen atoms in total. The molecule has 3 aliphatic heterocycles. The van der Waals surface area contributed by atoms with E-state index in [4.69, 9.17) is 0 Å². The van der Waals surface area contributed by atoms with E-state index >= 15 is 0 Å². The number of hydrogen-bond acceptors (Lipinski definition) is 5. The molecule has 3 aliphatic rings. The van der Waals surface area contributed by atoms with Gasteiger partial charge in [0, 0.05) is 34.3 Å². The van der Waals surface area contributed by atoms with Gasteiger partial charge in [0.15, 0.2) is 0 Å². The number of benzene rings is 6. The Hall–Kier alpha value is -3.05. The van der Waals surface area contributed by atoms with Crippen molar-refractivity contribution < 1.29 is 0 Å². The molecule has 0 unspecified atom stereocenters. The van der Waals surface area contributed by atoms with Crippen molar-refractivity contribution in [2.45, 2.75) is 65.4 Å². The van der Waals surface area contributed by atoms with Crippen LogP contribution in [0.5, 0.6) is 0 Å². The van der Waals surface area contributed by atoms with Gasteiger partial charge in [0.25, 0.3) is 0 Å². The second-order valence-corrected chi connectivity index (χ2v) is 26.2. The van der Waals surface area contributed by atoms with Crippen molar-refractivity contribution in [2.75, 3.05) is 4.90 Å². The first-order valence-corrected chi connectivity index (χ1v) is 25.3. The van der Waals surface area contributed by atoms with Gasteiger partial charge in [0.1, 0.15) is 16.1 Å². The van der Waals surface area contributed by atoms with Crippen LogP contribution >= 0.6 is 47.0 Å². The lowest BCUT2D eigenvalue weighted by Crippen LogP contribution is -2.56. The van der Waals surface area contributed by atoms with E-state index in [1.54, 1.807) is 10.4 Å². The van der Waals surface area contributed by atoms with Crippen LogP contribution in [0.3, 0.4) is 0 Å². The molecule has 0 aliphatic carbocycles. The highest BCUT2D eigenvalue weighted by Crippen LogP contribution is 2.56. The van der Waals surface area contributed by atoms with Gasteiger partial charge in [-0.3, -0.25) is 0 Å². The monoisotopic (exact) mass is 711 g/mol. The number of nitrogens with zero attached hydrogens (tertiary/aromatic N) is 1. The van der Waals surface area contributed by atoms with Crippen LogP contribution in [0.2, 0.25) is 26.2 Å². The molecule has 0 bridgehead atoms. The first kappa shape index (κ1) is 30.0. The summed E-state index contributed by atoms with van der Waals surface area (Å²) in [5.41, 5.74) is 3.83. The molecule has 0 fully saturated rings. The zero-order chi connectivity index (χ0) is 31.9. The van der Waals surface area contributed by atoms with Crippen molar-refractivity contribution in [1.82, 2.24) is 0 Å². The average molecular weight is 712 g/mol. The van der Waals surface area contributed by atoms with Crippen LogP contribution < -0.4 is 25.6 Å². The summed E-state index contributed by atoms with van der Waals surface area (Å²) >= 11 is 7.75. The summed E-state index contributed by atoms with van der Waals surface area (Å²) in [4.78, 5) is 13.6. The van der Waals surface area contributed by atoms with Crippen LogP contribution in [0.15, 0.2) is 167 Å². The summed E-state index contributed by atoms with van der Waals surface area (Å²) in [5.74, 6) is 0. The molecule has 0 atom stereocenters. The summed E-state index contributed by atoms with van der Waals surface area (Å²) in [7, 11) is -3.88. The Kier molecular flexibility index (Phi) is 7.20. The van der Waals surface area contributed by atoms with Crippen molar-refractivity contribution in [3.8, 4) is 0 Å². The largest absolute Gasteiger partial charge is 0.307 e. The smallest absolute Gasteiger partial charge is 0.115 e. The van der Waals surface area contributed by atoms with Crippen LogP contribution in [0.1, 0.15) is 0 Å². The van der Waals surface area contributed by atoms with Gasteiger partial charge < -0.3 is 4.90 Å². The lowest BCUT2D eigenvalue weighted by atomic mass is 10.2. The van der Waals surface area contributed by atoms with Gasteiger partial charge in [-0.1, -0.05) is 152 Å². The summed E-state index contributed by atoms with van der Waals surface area (Å²) in [5, 5.41) is 6.13. The minimum absolute atomic E-state index is 1.26. The zero-order valence-corrected chi connectivity index (χ0v) is 32.0. The Morgan fingerprint density at radius 2 is 0.702 bits per heavy atom. The summed E-state index contributed by atoms with van der Waals surface area (Å²) < 4.78 is 0. The normalized spacial score (nSPS) is 16.1. The van der Waals surface area contributed by atoms with Gasteiger partial charge >= 0.3 is 0 Å². The van der Waals surface area contributed by atoms with E-state index in [9.17, 15) is 0 Å². The van der Waals surface area contributed by atoms with E-state index in [1.165, 1.54) is 66.6 Å². The van der Waals surface area contributed by atoms with E-state index in [0.29, 0.717) is 0 Å². The Morgan fingerprint density at radius 1 is 0.340 bits per heavy atom. The first-order chi connectivity index (χ1) is 22.8. The summed E-state index contributed by atoms with van der Waals surface area (Å²) in [6.07, 6.45) is 0. The molecule has 230 valence electrons. The van der Waals surface area contributed by atoms with Crippen molar-refractivity contribution in [2.24, 2.45) is 0 Å². The van der Waals surface area contributed by atoms with E-state index in [2.05, 4.69) is 158 Å². The molecule has 0 saturated carbocycles. The molecule has 9 rings (SSSR count). The number of rotatable bonds is 3. The molecular weight excluding hydrogens is 679 g/mol. The van der Waals surface area contributed by atoms with Crippen LogP contribution in [-0.4, -0.2) is 16.1 Å². The Bertz CT molecular complexity index is 2140. The zero-order valence-electron chi connectivity index (χ0n) is 26.7. The van der Waals surface area contributed by atoms with E-state index in [-0.39, 0.29) is 0 Å². The summed E-state index contributed by atoms with van der Waals surface area (Å²) in [6, 6.07) is 48.2. The lowest BCUT2D eigenvalue weighted by Gasteiger charge is -2.39. The first-order valence-electron chi connectivity index (χ1n) is 16.0. The standard InChI is InChI=1S/C40H33NS4Si2/c1-46(2)34-22-9-7-19-31(34)44-39-27(15-12-24-36(39)46)41(26-14-11-21-33-38(26)43-30-18-6-5-17-29(30)42-33)28-16-13-25-37-40(28)45-32-20-8-10-23-35(32)47(37,3)4/h5-25H,1-4H3. The minimum Gasteiger partial charge on any atom is -0.307 e. The summed E-state index contributed by atoms with van der Waals surface area (Å²) in [6.45, 7) is 10.1. The Morgan fingerprint density at radius 3 is 1.23 bits per heavy atom. The van der Waals surface area contributed by atoms with Crippen LogP contribution in [-0.2, 0) is 0 Å². The molecule has 3 heterocycles. The molecular formula is C40H33NS4Si2. The van der Waals surface area contributed by atoms with Crippen LogP contribution in [0.25, 0.3) is 0 Å². The maximum absolute atomic E-state index is 2.63. The second-order valence-electron chi connectivity index (χ2n) is 13.3. The fraction of sp³-hybridized carbons (Fsp3) is 0.100. The van der Waals surface area contributed by atoms with Crippen molar-refractivity contribution >= 4 is 101 Å². The fourth-order valence-electron chi connectivity index (χ4n) is 7.35. The number of hydrogen-bond donors (Lipinski definition) is 0. The van der Waals surface area contributed by atoms with Gasteiger partial charge in [0.2, 0.25) is 0 Å². The third-order valence-corrected chi connectivity index (χ3v) is 22.7. The van der Waals surface area contributed by atoms with Crippen molar-refractivity contribution in [1.29, 1.82) is 0 Å². The van der Waals surface area contributed by atoms with E-state index in [1.807, 2.05) is 47.0 Å². The maximum Gasteiger partial charge on any atom is 0.115 e. The molecule has 0 saturated heterocycles. The lowest BCUT2D eigenvalue weighted by molar-refractivity contribution is 1.10. The van der Waals surface area contributed by atoms with E-state index < -0.39 is 16.1 Å². The number of anilines is 3. The van der Waals surface area contributed by atoms with Gasteiger partial charge in [-0.2, -0.15) is 0 Å². The van der Waals surface area contributed by atoms with Gasteiger partial charge in [-0.15, -0.1) is 0 Å². The van der Waals surface area contributed by atoms with Crippen molar-refractivity contribution in [3.05, 3.63) is 127 Å². The fourth-order valence-corrected chi connectivity index (χ4v) is 20.8. The molecule has 0 aromatic heterocycles. The van der Waals surface area contributed by atoms with Crippen molar-refractivity contribution in [3.63, 3.8) is 0 Å². The minimum atomic E-state index is -1.94. The molecule has 0 spiro atoms.